The standard InChI is InChI=1S/C11H18N2OS/c1-8-9(2)15-11(13-8)7-10(14)5-4-6-12-3/h12H,4-7H2,1-3H3. The molecule has 3 nitrogen and oxygen atoms in total. The maximum Gasteiger partial charge on any atom is 0.139 e. The number of carbonyl (C=O) groups is 1. The van der Waals surface area contributed by atoms with Gasteiger partial charge in [-0.3, -0.25) is 4.79 Å². The van der Waals surface area contributed by atoms with Gasteiger partial charge in [0.1, 0.15) is 10.8 Å². The van der Waals surface area contributed by atoms with Gasteiger partial charge in [-0.05, 0) is 33.9 Å². The third-order valence-corrected chi connectivity index (χ3v) is 3.38. The second kappa shape index (κ2) is 5.98. The monoisotopic (exact) mass is 226 g/mol. The third-order valence-electron chi connectivity index (χ3n) is 2.30. The summed E-state index contributed by atoms with van der Waals surface area (Å²) in [4.78, 5) is 17.1. The number of carbonyl (C=O) groups excluding carboxylic acids is 1. The fourth-order valence-corrected chi connectivity index (χ4v) is 2.30. The normalized spacial score (nSPS) is 10.6. The summed E-state index contributed by atoms with van der Waals surface area (Å²) in [5.41, 5.74) is 1.05. The van der Waals surface area contributed by atoms with Crippen LogP contribution in [0.3, 0.4) is 0 Å². The first-order valence-electron chi connectivity index (χ1n) is 5.22. The minimum absolute atomic E-state index is 0.291. The lowest BCUT2D eigenvalue weighted by Crippen LogP contribution is -2.11. The zero-order chi connectivity index (χ0) is 11.3. The van der Waals surface area contributed by atoms with Gasteiger partial charge in [-0.1, -0.05) is 0 Å². The number of nitrogens with one attached hydrogen (secondary N) is 1. The lowest BCUT2D eigenvalue weighted by Gasteiger charge is -1.98. The van der Waals surface area contributed by atoms with E-state index in [1.807, 2.05) is 20.9 Å². The van der Waals surface area contributed by atoms with Crippen LogP contribution in [0, 0.1) is 13.8 Å². The first-order valence-corrected chi connectivity index (χ1v) is 6.04. The summed E-state index contributed by atoms with van der Waals surface area (Å²) in [6.07, 6.45) is 2.07. The van der Waals surface area contributed by atoms with E-state index in [0.717, 1.165) is 23.7 Å². The van der Waals surface area contributed by atoms with Crippen LogP contribution in [-0.4, -0.2) is 24.4 Å². The summed E-state index contributed by atoms with van der Waals surface area (Å²) >= 11 is 1.63. The van der Waals surface area contributed by atoms with E-state index in [1.54, 1.807) is 11.3 Å². The molecule has 0 fully saturated rings. The summed E-state index contributed by atoms with van der Waals surface area (Å²) in [7, 11) is 1.90. The van der Waals surface area contributed by atoms with Crippen molar-refractivity contribution in [1.29, 1.82) is 0 Å². The molecule has 0 aliphatic rings. The van der Waals surface area contributed by atoms with E-state index in [-0.39, 0.29) is 0 Å². The van der Waals surface area contributed by atoms with Crippen molar-refractivity contribution in [3.8, 4) is 0 Å². The molecule has 1 heterocycles. The molecule has 1 rings (SSSR count). The number of hydrogen-bond donors (Lipinski definition) is 1. The average molecular weight is 226 g/mol. The average Bonchev–Trinajstić information content (AvgIpc) is 2.46. The molecule has 0 aliphatic heterocycles. The quantitative estimate of drug-likeness (QED) is 0.753. The highest BCUT2D eigenvalue weighted by atomic mass is 32.1. The van der Waals surface area contributed by atoms with Crippen molar-refractivity contribution in [2.45, 2.75) is 33.1 Å². The molecule has 0 aliphatic carbocycles. The SMILES string of the molecule is CNCCCC(=O)Cc1nc(C)c(C)s1. The molecule has 0 radical (unpaired) electrons. The van der Waals surface area contributed by atoms with Gasteiger partial charge in [0.05, 0.1) is 12.1 Å². The predicted octanol–water partition coefficient (Wildman–Crippen LogP) is 1.87. The molecule has 0 saturated heterocycles. The molecule has 0 bridgehead atoms. The lowest BCUT2D eigenvalue weighted by atomic mass is 10.2. The molecule has 1 N–H and O–H groups in total. The molecule has 1 aromatic rings. The molecule has 0 saturated carbocycles. The molecule has 4 heteroatoms. The number of ketones is 1. The molecular weight excluding hydrogens is 208 g/mol. The number of hydrogen-bond acceptors (Lipinski definition) is 4. The molecule has 0 atom stereocenters. The number of aromatic nitrogens is 1. The number of rotatable bonds is 6. The van der Waals surface area contributed by atoms with E-state index >= 15 is 0 Å². The Bertz CT molecular complexity index is 314. The molecule has 0 unspecified atom stereocenters. The third kappa shape index (κ3) is 4.10. The van der Waals surface area contributed by atoms with Gasteiger partial charge in [0.2, 0.25) is 0 Å². The van der Waals surface area contributed by atoms with Crippen molar-refractivity contribution in [3.63, 3.8) is 0 Å². The highest BCUT2D eigenvalue weighted by molar-refractivity contribution is 7.11. The van der Waals surface area contributed by atoms with Crippen LogP contribution in [0.25, 0.3) is 0 Å². The highest BCUT2D eigenvalue weighted by Gasteiger charge is 2.08. The summed E-state index contributed by atoms with van der Waals surface area (Å²) < 4.78 is 0. The minimum atomic E-state index is 0.291. The van der Waals surface area contributed by atoms with Gasteiger partial charge in [0.25, 0.3) is 0 Å². The van der Waals surface area contributed by atoms with Crippen LogP contribution < -0.4 is 5.32 Å². The molecule has 15 heavy (non-hydrogen) atoms. The van der Waals surface area contributed by atoms with Gasteiger partial charge in [-0.25, -0.2) is 4.98 Å². The van der Waals surface area contributed by atoms with E-state index in [0.29, 0.717) is 18.6 Å². The Labute approximate surface area is 94.9 Å². The van der Waals surface area contributed by atoms with Gasteiger partial charge in [0, 0.05) is 11.3 Å². The molecule has 1 aromatic heterocycles. The zero-order valence-corrected chi connectivity index (χ0v) is 10.4. The lowest BCUT2D eigenvalue weighted by molar-refractivity contribution is -0.118. The van der Waals surface area contributed by atoms with Gasteiger partial charge < -0.3 is 5.32 Å². The maximum absolute atomic E-state index is 11.5. The van der Waals surface area contributed by atoms with E-state index in [4.69, 9.17) is 0 Å². The van der Waals surface area contributed by atoms with Gasteiger partial charge in [0.15, 0.2) is 0 Å². The van der Waals surface area contributed by atoms with Crippen LogP contribution in [0.1, 0.15) is 28.4 Å². The van der Waals surface area contributed by atoms with Crippen LogP contribution in [-0.2, 0) is 11.2 Å². The van der Waals surface area contributed by atoms with E-state index in [2.05, 4.69) is 10.3 Å². The maximum atomic E-state index is 11.5. The Kier molecular flexibility index (Phi) is 4.91. The van der Waals surface area contributed by atoms with E-state index < -0.39 is 0 Å². The number of nitrogens with zero attached hydrogens (tertiary/aromatic N) is 1. The molecular formula is C11H18N2OS. The van der Waals surface area contributed by atoms with Crippen molar-refractivity contribution < 1.29 is 4.79 Å². The van der Waals surface area contributed by atoms with Crippen LogP contribution >= 0.6 is 11.3 Å². The Morgan fingerprint density at radius 1 is 1.47 bits per heavy atom. The minimum Gasteiger partial charge on any atom is -0.320 e. The van der Waals surface area contributed by atoms with E-state index in [1.165, 1.54) is 4.88 Å². The summed E-state index contributed by atoms with van der Waals surface area (Å²) in [5, 5.41) is 3.99. The number of aryl methyl sites for hydroxylation is 2. The first kappa shape index (κ1) is 12.3. The molecule has 0 aromatic carbocycles. The van der Waals surface area contributed by atoms with Crippen LogP contribution in [0.15, 0.2) is 0 Å². The van der Waals surface area contributed by atoms with Crippen molar-refractivity contribution in [2.75, 3.05) is 13.6 Å². The fourth-order valence-electron chi connectivity index (χ4n) is 1.33. The summed E-state index contributed by atoms with van der Waals surface area (Å²) in [6.45, 7) is 4.93. The molecule has 84 valence electrons. The van der Waals surface area contributed by atoms with Crippen molar-refractivity contribution in [1.82, 2.24) is 10.3 Å². The Hall–Kier alpha value is -0.740. The van der Waals surface area contributed by atoms with Crippen LogP contribution in [0.2, 0.25) is 0 Å². The molecule has 0 amide bonds. The summed E-state index contributed by atoms with van der Waals surface area (Å²) in [6, 6.07) is 0. The molecule has 0 spiro atoms. The Morgan fingerprint density at radius 3 is 2.73 bits per heavy atom. The smallest absolute Gasteiger partial charge is 0.139 e. The summed E-state index contributed by atoms with van der Waals surface area (Å²) in [5.74, 6) is 0.291. The fraction of sp³-hybridized carbons (Fsp3) is 0.636. The zero-order valence-electron chi connectivity index (χ0n) is 9.59. The highest BCUT2D eigenvalue weighted by Crippen LogP contribution is 2.17. The van der Waals surface area contributed by atoms with Crippen LogP contribution in [0.4, 0.5) is 0 Å². The number of Topliss-reactive ketones (excluding diaryl/α,β-unsaturated/α-hetero) is 1. The first-order chi connectivity index (χ1) is 7.13. The topological polar surface area (TPSA) is 42.0 Å². The Morgan fingerprint density at radius 2 is 2.20 bits per heavy atom. The largest absolute Gasteiger partial charge is 0.320 e. The van der Waals surface area contributed by atoms with Crippen molar-refractivity contribution in [3.05, 3.63) is 15.6 Å². The second-order valence-electron chi connectivity index (χ2n) is 3.67. The van der Waals surface area contributed by atoms with Crippen molar-refractivity contribution >= 4 is 17.1 Å². The van der Waals surface area contributed by atoms with Gasteiger partial charge in [-0.2, -0.15) is 0 Å². The Balaban J connectivity index is 2.37. The number of thiazole rings is 1. The van der Waals surface area contributed by atoms with Gasteiger partial charge in [-0.15, -0.1) is 11.3 Å². The second-order valence-corrected chi connectivity index (χ2v) is 4.96. The predicted molar refractivity (Wildman–Crippen MR) is 63.5 cm³/mol. The van der Waals surface area contributed by atoms with E-state index in [9.17, 15) is 4.79 Å². The van der Waals surface area contributed by atoms with Crippen molar-refractivity contribution in [2.24, 2.45) is 0 Å². The van der Waals surface area contributed by atoms with Crippen LogP contribution in [0.5, 0.6) is 0 Å². The van der Waals surface area contributed by atoms with Gasteiger partial charge >= 0.3 is 0 Å².